The predicted molar refractivity (Wildman–Crippen MR) is 116 cm³/mol. The van der Waals surface area contributed by atoms with Crippen LogP contribution in [0.1, 0.15) is 19.4 Å². The first-order valence-electron chi connectivity index (χ1n) is 9.68. The lowest BCUT2D eigenvalue weighted by molar-refractivity contribution is -0.133. The molecule has 3 rings (SSSR count). The number of carbonyl (C=O) groups is 1. The second-order valence-corrected chi connectivity index (χ2v) is 9.35. The number of nitrogens with zero attached hydrogens (tertiary/aromatic N) is 1. The van der Waals surface area contributed by atoms with Crippen molar-refractivity contribution in [1.82, 2.24) is 9.62 Å². The van der Waals surface area contributed by atoms with Gasteiger partial charge in [-0.05, 0) is 34.9 Å². The lowest BCUT2D eigenvalue weighted by Gasteiger charge is -2.27. The Morgan fingerprint density at radius 3 is 2.30 bits per heavy atom. The molecule has 158 valence electrons. The van der Waals surface area contributed by atoms with Crippen molar-refractivity contribution in [2.45, 2.75) is 31.3 Å². The molecular weight excluding hydrogens is 403 g/mol. The van der Waals surface area contributed by atoms with E-state index in [1.165, 1.54) is 24.1 Å². The summed E-state index contributed by atoms with van der Waals surface area (Å²) in [5.74, 6) is -1.12. The lowest BCUT2D eigenvalue weighted by Crippen LogP contribution is -2.49. The summed E-state index contributed by atoms with van der Waals surface area (Å²) < 4.78 is 42.5. The van der Waals surface area contributed by atoms with Crippen molar-refractivity contribution in [1.29, 1.82) is 0 Å². The van der Waals surface area contributed by atoms with Crippen molar-refractivity contribution >= 4 is 26.7 Å². The molecule has 0 fully saturated rings. The number of benzene rings is 3. The Morgan fingerprint density at radius 1 is 1.00 bits per heavy atom. The fourth-order valence-electron chi connectivity index (χ4n) is 3.24. The summed E-state index contributed by atoms with van der Waals surface area (Å²) in [5, 5.41) is 1.72. The third-order valence-electron chi connectivity index (χ3n) is 4.99. The fourth-order valence-corrected chi connectivity index (χ4v) is 4.61. The second kappa shape index (κ2) is 8.93. The van der Waals surface area contributed by atoms with Gasteiger partial charge in [0.2, 0.25) is 15.9 Å². The Balaban J connectivity index is 1.82. The molecule has 1 unspecified atom stereocenters. The van der Waals surface area contributed by atoms with Gasteiger partial charge in [-0.1, -0.05) is 62.4 Å². The number of rotatable bonds is 7. The Bertz CT molecular complexity index is 1160. The van der Waals surface area contributed by atoms with E-state index in [1.54, 1.807) is 44.2 Å². The maximum absolute atomic E-state index is 13.9. The number of halogens is 1. The van der Waals surface area contributed by atoms with Crippen molar-refractivity contribution in [2.24, 2.45) is 5.92 Å². The summed E-state index contributed by atoms with van der Waals surface area (Å²) in [6.07, 6.45) is 0. The summed E-state index contributed by atoms with van der Waals surface area (Å²) in [6, 6.07) is 17.5. The SMILES string of the molecule is CC(C)C(NS(=O)(=O)c1ccc2ccccc2c1)C(=O)N(C)Cc1ccccc1F. The number of nitrogens with one attached hydrogen (secondary N) is 1. The zero-order valence-electron chi connectivity index (χ0n) is 17.2. The molecule has 0 radical (unpaired) electrons. The zero-order valence-corrected chi connectivity index (χ0v) is 18.0. The molecule has 1 amide bonds. The minimum atomic E-state index is -3.93. The molecule has 0 bridgehead atoms. The highest BCUT2D eigenvalue weighted by Crippen LogP contribution is 2.20. The van der Waals surface area contributed by atoms with Crippen LogP contribution in [-0.4, -0.2) is 32.3 Å². The van der Waals surface area contributed by atoms with E-state index >= 15 is 0 Å². The van der Waals surface area contributed by atoms with Crippen LogP contribution in [0.25, 0.3) is 10.8 Å². The summed E-state index contributed by atoms with van der Waals surface area (Å²) in [5.41, 5.74) is 0.369. The van der Waals surface area contributed by atoms with Gasteiger partial charge in [-0.15, -0.1) is 0 Å². The lowest BCUT2D eigenvalue weighted by atomic mass is 10.0. The van der Waals surface area contributed by atoms with E-state index in [2.05, 4.69) is 4.72 Å². The van der Waals surface area contributed by atoms with Crippen molar-refractivity contribution in [3.63, 3.8) is 0 Å². The highest BCUT2D eigenvalue weighted by molar-refractivity contribution is 7.89. The van der Waals surface area contributed by atoms with Crippen LogP contribution in [0.2, 0.25) is 0 Å². The molecule has 0 aliphatic carbocycles. The maximum atomic E-state index is 13.9. The fraction of sp³-hybridized carbons (Fsp3) is 0.261. The Morgan fingerprint density at radius 2 is 1.63 bits per heavy atom. The van der Waals surface area contributed by atoms with Crippen LogP contribution in [0, 0.1) is 11.7 Å². The van der Waals surface area contributed by atoms with Gasteiger partial charge < -0.3 is 4.90 Å². The molecule has 3 aromatic carbocycles. The molecule has 0 aliphatic rings. The van der Waals surface area contributed by atoms with Gasteiger partial charge in [0.25, 0.3) is 0 Å². The van der Waals surface area contributed by atoms with Gasteiger partial charge in [0.15, 0.2) is 0 Å². The zero-order chi connectivity index (χ0) is 21.9. The molecule has 0 heterocycles. The molecule has 0 aliphatic heterocycles. The van der Waals surface area contributed by atoms with Gasteiger partial charge in [-0.25, -0.2) is 12.8 Å². The predicted octanol–water partition coefficient (Wildman–Crippen LogP) is 3.94. The van der Waals surface area contributed by atoms with Crippen molar-refractivity contribution in [2.75, 3.05) is 7.05 Å². The first-order valence-corrected chi connectivity index (χ1v) is 11.2. The van der Waals surface area contributed by atoms with E-state index in [1.807, 2.05) is 24.3 Å². The van der Waals surface area contributed by atoms with Gasteiger partial charge in [-0.2, -0.15) is 4.72 Å². The van der Waals surface area contributed by atoms with Gasteiger partial charge in [-0.3, -0.25) is 4.79 Å². The molecule has 30 heavy (non-hydrogen) atoms. The van der Waals surface area contributed by atoms with Gasteiger partial charge in [0.05, 0.1) is 4.90 Å². The van der Waals surface area contributed by atoms with E-state index in [4.69, 9.17) is 0 Å². The van der Waals surface area contributed by atoms with E-state index < -0.39 is 27.8 Å². The van der Waals surface area contributed by atoms with Crippen LogP contribution in [0.3, 0.4) is 0 Å². The largest absolute Gasteiger partial charge is 0.340 e. The topological polar surface area (TPSA) is 66.5 Å². The van der Waals surface area contributed by atoms with Crippen molar-refractivity contribution in [3.05, 3.63) is 78.1 Å². The minimum Gasteiger partial charge on any atom is -0.340 e. The van der Waals surface area contributed by atoms with Crippen LogP contribution >= 0.6 is 0 Å². The Hall–Kier alpha value is -2.77. The number of hydrogen-bond donors (Lipinski definition) is 1. The summed E-state index contributed by atoms with van der Waals surface area (Å²) in [6.45, 7) is 3.58. The molecule has 5 nitrogen and oxygen atoms in total. The molecule has 3 aromatic rings. The van der Waals surface area contributed by atoms with E-state index in [-0.39, 0.29) is 17.4 Å². The minimum absolute atomic E-state index is 0.0480. The van der Waals surface area contributed by atoms with E-state index in [9.17, 15) is 17.6 Å². The number of amides is 1. The maximum Gasteiger partial charge on any atom is 0.241 e. The molecule has 1 atom stereocenters. The molecule has 0 spiro atoms. The molecule has 0 saturated carbocycles. The van der Waals surface area contributed by atoms with Gasteiger partial charge in [0, 0.05) is 19.2 Å². The number of sulfonamides is 1. The van der Waals surface area contributed by atoms with E-state index in [0.29, 0.717) is 5.56 Å². The van der Waals surface area contributed by atoms with E-state index in [0.717, 1.165) is 10.8 Å². The number of fused-ring (bicyclic) bond motifs is 1. The van der Waals surface area contributed by atoms with Crippen LogP contribution in [0.15, 0.2) is 71.6 Å². The third-order valence-corrected chi connectivity index (χ3v) is 6.43. The second-order valence-electron chi connectivity index (χ2n) is 7.64. The average Bonchev–Trinajstić information content (AvgIpc) is 2.72. The number of likely N-dealkylation sites (N-methyl/N-ethyl adjacent to an activating group) is 1. The molecule has 0 aromatic heterocycles. The number of carbonyl (C=O) groups excluding carboxylic acids is 1. The van der Waals surface area contributed by atoms with Crippen LogP contribution in [0.5, 0.6) is 0 Å². The Kier molecular flexibility index (Phi) is 6.53. The normalized spacial score (nSPS) is 12.8. The average molecular weight is 429 g/mol. The third kappa shape index (κ3) is 4.86. The highest BCUT2D eigenvalue weighted by Gasteiger charge is 2.30. The van der Waals surface area contributed by atoms with Crippen LogP contribution < -0.4 is 4.72 Å². The number of hydrogen-bond acceptors (Lipinski definition) is 3. The first-order chi connectivity index (χ1) is 14.2. The summed E-state index contributed by atoms with van der Waals surface area (Å²) >= 11 is 0. The summed E-state index contributed by atoms with van der Waals surface area (Å²) in [7, 11) is -2.39. The monoisotopic (exact) mass is 428 g/mol. The van der Waals surface area contributed by atoms with Gasteiger partial charge >= 0.3 is 0 Å². The molecule has 0 saturated heterocycles. The molecule has 1 N–H and O–H groups in total. The molecular formula is C23H25FN2O3S. The smallest absolute Gasteiger partial charge is 0.241 e. The Labute approximate surface area is 176 Å². The van der Waals surface area contributed by atoms with Crippen molar-refractivity contribution in [3.8, 4) is 0 Å². The molecule has 7 heteroatoms. The summed E-state index contributed by atoms with van der Waals surface area (Å²) in [4.78, 5) is 14.4. The van der Waals surface area contributed by atoms with Crippen LogP contribution in [0.4, 0.5) is 4.39 Å². The highest BCUT2D eigenvalue weighted by atomic mass is 32.2. The van der Waals surface area contributed by atoms with Gasteiger partial charge in [0.1, 0.15) is 11.9 Å². The standard InChI is InChI=1S/C23H25FN2O3S/c1-16(2)22(23(27)26(3)15-19-10-6-7-11-21(19)24)25-30(28,29)20-13-12-17-8-4-5-9-18(17)14-20/h4-14,16,22,25H,15H2,1-3H3. The van der Waals surface area contributed by atoms with Crippen molar-refractivity contribution < 1.29 is 17.6 Å². The van der Waals surface area contributed by atoms with Crippen LogP contribution in [-0.2, 0) is 21.4 Å². The quantitative estimate of drug-likeness (QED) is 0.620. The first kappa shape index (κ1) is 21.9.